The van der Waals surface area contributed by atoms with Gasteiger partial charge in [0, 0.05) is 22.3 Å². The van der Waals surface area contributed by atoms with Crippen LogP contribution in [0.15, 0.2) is 52.1 Å². The molecule has 2 aromatic carbocycles. The first-order chi connectivity index (χ1) is 13.7. The second-order valence-corrected chi connectivity index (χ2v) is 7.87. The lowest BCUT2D eigenvalue weighted by molar-refractivity contribution is 0.350. The highest BCUT2D eigenvalue weighted by Gasteiger charge is 2.12. The van der Waals surface area contributed by atoms with Gasteiger partial charge in [0.1, 0.15) is 0 Å². The molecule has 148 valence electrons. The number of methoxy groups -OCH3 is 2. The molecule has 0 saturated carbocycles. The fraction of sp³-hybridized carbons (Fsp3) is 0.316. The lowest BCUT2D eigenvalue weighted by Gasteiger charge is -2.14. The minimum absolute atomic E-state index is 0.700. The minimum atomic E-state index is 0.700. The molecule has 28 heavy (non-hydrogen) atoms. The number of benzene rings is 2. The molecule has 0 saturated heterocycles. The highest BCUT2D eigenvalue weighted by molar-refractivity contribution is 9.10. The second kappa shape index (κ2) is 10.4. The third kappa shape index (κ3) is 5.24. The summed E-state index contributed by atoms with van der Waals surface area (Å²) in [5.41, 5.74) is 2.01. The molecule has 1 N–H and O–H groups in total. The van der Waals surface area contributed by atoms with Crippen LogP contribution in [0.25, 0.3) is 5.69 Å². The molecular formula is C19H22BrN5O2S. The van der Waals surface area contributed by atoms with E-state index in [1.165, 1.54) is 0 Å². The largest absolute Gasteiger partial charge is 0.493 e. The van der Waals surface area contributed by atoms with Gasteiger partial charge in [-0.05, 0) is 47.7 Å². The Kier molecular flexibility index (Phi) is 7.70. The van der Waals surface area contributed by atoms with Gasteiger partial charge in [-0.25, -0.2) is 0 Å². The predicted octanol–water partition coefficient (Wildman–Crippen LogP) is 3.71. The summed E-state index contributed by atoms with van der Waals surface area (Å²) in [6.45, 7) is 1.57. The van der Waals surface area contributed by atoms with Crippen molar-refractivity contribution < 1.29 is 9.47 Å². The molecule has 0 amide bonds. The molecule has 7 nitrogen and oxygen atoms in total. The molecule has 0 spiro atoms. The zero-order valence-electron chi connectivity index (χ0n) is 15.8. The SMILES string of the molecule is COc1cc(Br)cc(CNCCCSc2nnnn2-c2ccccc2)c1OC. The van der Waals surface area contributed by atoms with Crippen molar-refractivity contribution in [3.8, 4) is 17.2 Å². The van der Waals surface area contributed by atoms with Crippen LogP contribution in [0.5, 0.6) is 11.5 Å². The molecule has 0 aliphatic carbocycles. The summed E-state index contributed by atoms with van der Waals surface area (Å²) in [4.78, 5) is 0. The molecule has 0 radical (unpaired) electrons. The summed E-state index contributed by atoms with van der Waals surface area (Å²) < 4.78 is 13.6. The monoisotopic (exact) mass is 463 g/mol. The topological polar surface area (TPSA) is 74.1 Å². The van der Waals surface area contributed by atoms with E-state index in [2.05, 4.69) is 36.8 Å². The Bertz CT molecular complexity index is 891. The van der Waals surface area contributed by atoms with E-state index in [9.17, 15) is 0 Å². The summed E-state index contributed by atoms with van der Waals surface area (Å²) in [5.74, 6) is 2.39. The first kappa shape index (κ1) is 20.6. The molecule has 0 unspecified atom stereocenters. The van der Waals surface area contributed by atoms with Crippen molar-refractivity contribution in [2.45, 2.75) is 18.1 Å². The molecule has 1 aromatic heterocycles. The van der Waals surface area contributed by atoms with E-state index < -0.39 is 0 Å². The third-order valence-corrected chi connectivity index (χ3v) is 5.47. The average molecular weight is 464 g/mol. The number of ether oxygens (including phenoxy) is 2. The molecule has 0 aliphatic rings. The Morgan fingerprint density at radius 1 is 1.14 bits per heavy atom. The fourth-order valence-electron chi connectivity index (χ4n) is 2.72. The van der Waals surface area contributed by atoms with Crippen LogP contribution in [0, 0.1) is 0 Å². The van der Waals surface area contributed by atoms with Gasteiger partial charge in [0.15, 0.2) is 11.5 Å². The summed E-state index contributed by atoms with van der Waals surface area (Å²) in [5, 5.41) is 16.2. The predicted molar refractivity (Wildman–Crippen MR) is 113 cm³/mol. The van der Waals surface area contributed by atoms with Gasteiger partial charge < -0.3 is 14.8 Å². The molecule has 3 aromatic rings. The minimum Gasteiger partial charge on any atom is -0.493 e. The number of halogens is 1. The van der Waals surface area contributed by atoms with Crippen LogP contribution in [-0.4, -0.2) is 46.7 Å². The Labute approximate surface area is 176 Å². The molecule has 0 atom stereocenters. The van der Waals surface area contributed by atoms with Crippen LogP contribution in [0.4, 0.5) is 0 Å². The highest BCUT2D eigenvalue weighted by Crippen LogP contribution is 2.34. The number of tetrazole rings is 1. The van der Waals surface area contributed by atoms with Crippen molar-refractivity contribution in [1.82, 2.24) is 25.5 Å². The number of hydrogen-bond acceptors (Lipinski definition) is 7. The van der Waals surface area contributed by atoms with Crippen molar-refractivity contribution >= 4 is 27.7 Å². The van der Waals surface area contributed by atoms with Crippen LogP contribution >= 0.6 is 27.7 Å². The number of thioether (sulfide) groups is 1. The molecule has 1 heterocycles. The van der Waals surface area contributed by atoms with Gasteiger partial charge in [0.25, 0.3) is 0 Å². The fourth-order valence-corrected chi connectivity index (χ4v) is 4.04. The second-order valence-electron chi connectivity index (χ2n) is 5.89. The van der Waals surface area contributed by atoms with Gasteiger partial charge >= 0.3 is 0 Å². The molecule has 9 heteroatoms. The standard InChI is InChI=1S/C19H22BrN5O2S/c1-26-17-12-15(20)11-14(18(17)27-2)13-21-9-6-10-28-19-22-23-24-25(19)16-7-4-3-5-8-16/h3-5,7-8,11-12,21H,6,9-10,13H2,1-2H3. The zero-order chi connectivity index (χ0) is 19.8. The van der Waals surface area contributed by atoms with E-state index in [1.54, 1.807) is 30.7 Å². The van der Waals surface area contributed by atoms with E-state index in [4.69, 9.17) is 9.47 Å². The van der Waals surface area contributed by atoms with E-state index >= 15 is 0 Å². The summed E-state index contributed by atoms with van der Waals surface area (Å²) in [7, 11) is 3.30. The maximum Gasteiger partial charge on any atom is 0.214 e. The number of hydrogen-bond donors (Lipinski definition) is 1. The smallest absolute Gasteiger partial charge is 0.214 e. The Morgan fingerprint density at radius 2 is 1.96 bits per heavy atom. The number of nitrogens with zero attached hydrogens (tertiary/aromatic N) is 4. The first-order valence-corrected chi connectivity index (χ1v) is 10.6. The van der Waals surface area contributed by atoms with Crippen molar-refractivity contribution in [2.75, 3.05) is 26.5 Å². The molecule has 0 aliphatic heterocycles. The van der Waals surface area contributed by atoms with Crippen molar-refractivity contribution in [3.05, 3.63) is 52.5 Å². The highest BCUT2D eigenvalue weighted by atomic mass is 79.9. The number of para-hydroxylation sites is 1. The van der Waals surface area contributed by atoms with Crippen LogP contribution in [0.1, 0.15) is 12.0 Å². The average Bonchev–Trinajstić information content (AvgIpc) is 3.19. The lowest BCUT2D eigenvalue weighted by Crippen LogP contribution is -2.16. The van der Waals surface area contributed by atoms with Gasteiger partial charge in [0.05, 0.1) is 19.9 Å². The number of nitrogens with one attached hydrogen (secondary N) is 1. The first-order valence-electron chi connectivity index (χ1n) is 8.80. The summed E-state index contributed by atoms with van der Waals surface area (Å²) >= 11 is 5.16. The maximum absolute atomic E-state index is 5.49. The third-order valence-electron chi connectivity index (χ3n) is 4.01. The molecular weight excluding hydrogens is 442 g/mol. The van der Waals surface area contributed by atoms with E-state index in [0.717, 1.165) is 51.1 Å². The van der Waals surface area contributed by atoms with Crippen molar-refractivity contribution in [2.24, 2.45) is 0 Å². The molecule has 0 fully saturated rings. The summed E-state index contributed by atoms with van der Waals surface area (Å²) in [6.07, 6.45) is 0.986. The normalized spacial score (nSPS) is 10.8. The van der Waals surface area contributed by atoms with Crippen molar-refractivity contribution in [3.63, 3.8) is 0 Å². The number of rotatable bonds is 10. The maximum atomic E-state index is 5.49. The summed E-state index contributed by atoms with van der Waals surface area (Å²) in [6, 6.07) is 13.8. The van der Waals surface area contributed by atoms with E-state index in [0.29, 0.717) is 6.54 Å². The van der Waals surface area contributed by atoms with Gasteiger partial charge in [-0.3, -0.25) is 0 Å². The molecule has 3 rings (SSSR count). The Balaban J connectivity index is 1.47. The van der Waals surface area contributed by atoms with Crippen LogP contribution in [0.3, 0.4) is 0 Å². The number of aromatic nitrogens is 4. The van der Waals surface area contributed by atoms with Crippen LogP contribution < -0.4 is 14.8 Å². The lowest BCUT2D eigenvalue weighted by atomic mass is 10.2. The van der Waals surface area contributed by atoms with E-state index in [-0.39, 0.29) is 0 Å². The van der Waals surface area contributed by atoms with E-state index in [1.807, 2.05) is 42.5 Å². The zero-order valence-corrected chi connectivity index (χ0v) is 18.2. The van der Waals surface area contributed by atoms with Gasteiger partial charge in [-0.15, -0.1) is 5.10 Å². The van der Waals surface area contributed by atoms with Gasteiger partial charge in [-0.1, -0.05) is 45.9 Å². The van der Waals surface area contributed by atoms with Crippen LogP contribution in [-0.2, 0) is 6.54 Å². The van der Waals surface area contributed by atoms with Crippen molar-refractivity contribution in [1.29, 1.82) is 0 Å². The van der Waals surface area contributed by atoms with Gasteiger partial charge in [0.2, 0.25) is 5.16 Å². The Hall–Kier alpha value is -2.10. The molecule has 0 bridgehead atoms. The Morgan fingerprint density at radius 3 is 2.71 bits per heavy atom. The van der Waals surface area contributed by atoms with Gasteiger partial charge in [-0.2, -0.15) is 4.68 Å². The van der Waals surface area contributed by atoms with Crippen LogP contribution in [0.2, 0.25) is 0 Å². The quantitative estimate of drug-likeness (QED) is 0.362.